The largest absolute Gasteiger partial charge is 0.497 e. The lowest BCUT2D eigenvalue weighted by Gasteiger charge is -2.03. The van der Waals surface area contributed by atoms with Crippen molar-refractivity contribution in [2.75, 3.05) is 14.2 Å². The van der Waals surface area contributed by atoms with Gasteiger partial charge in [-0.1, -0.05) is 6.07 Å². The molecule has 1 atom stereocenters. The molecule has 0 aliphatic carbocycles. The van der Waals surface area contributed by atoms with Gasteiger partial charge in [0, 0.05) is 5.56 Å². The van der Waals surface area contributed by atoms with Gasteiger partial charge in [0.1, 0.15) is 5.75 Å². The molecule has 0 saturated heterocycles. The van der Waals surface area contributed by atoms with Gasteiger partial charge in [-0.3, -0.25) is 0 Å². The SMILES string of the molecule is CNC(C)c1nnc(-c2cccc(OC)c2)o1. The summed E-state index contributed by atoms with van der Waals surface area (Å²) in [6.07, 6.45) is 0. The Bertz CT molecular complexity index is 496. The Morgan fingerprint density at radius 2 is 2.18 bits per heavy atom. The lowest BCUT2D eigenvalue weighted by molar-refractivity contribution is 0.414. The van der Waals surface area contributed by atoms with E-state index in [0.717, 1.165) is 11.3 Å². The summed E-state index contributed by atoms with van der Waals surface area (Å²) in [7, 11) is 3.47. The van der Waals surface area contributed by atoms with Crippen molar-refractivity contribution in [3.05, 3.63) is 30.2 Å². The predicted molar refractivity (Wildman–Crippen MR) is 63.8 cm³/mol. The van der Waals surface area contributed by atoms with Crippen molar-refractivity contribution >= 4 is 0 Å². The first-order valence-electron chi connectivity index (χ1n) is 5.39. The normalized spacial score (nSPS) is 12.4. The molecule has 2 rings (SSSR count). The van der Waals surface area contributed by atoms with Gasteiger partial charge in [0.25, 0.3) is 0 Å². The molecule has 0 spiro atoms. The van der Waals surface area contributed by atoms with Crippen LogP contribution in [0.25, 0.3) is 11.5 Å². The summed E-state index contributed by atoms with van der Waals surface area (Å²) >= 11 is 0. The van der Waals surface area contributed by atoms with Crippen LogP contribution < -0.4 is 10.1 Å². The number of hydrogen-bond donors (Lipinski definition) is 1. The van der Waals surface area contributed by atoms with E-state index in [9.17, 15) is 0 Å². The fourth-order valence-electron chi connectivity index (χ4n) is 1.41. The summed E-state index contributed by atoms with van der Waals surface area (Å²) in [5.41, 5.74) is 0.853. The number of hydrogen-bond acceptors (Lipinski definition) is 5. The quantitative estimate of drug-likeness (QED) is 0.875. The van der Waals surface area contributed by atoms with Crippen molar-refractivity contribution < 1.29 is 9.15 Å². The van der Waals surface area contributed by atoms with E-state index in [2.05, 4.69) is 15.5 Å². The smallest absolute Gasteiger partial charge is 0.247 e. The molecule has 1 N–H and O–H groups in total. The first-order valence-corrected chi connectivity index (χ1v) is 5.39. The Morgan fingerprint density at radius 1 is 1.35 bits per heavy atom. The maximum absolute atomic E-state index is 5.58. The molecule has 90 valence electrons. The van der Waals surface area contributed by atoms with Crippen LogP contribution in [0.15, 0.2) is 28.7 Å². The van der Waals surface area contributed by atoms with Crippen LogP contribution in [0.5, 0.6) is 5.75 Å². The van der Waals surface area contributed by atoms with E-state index in [-0.39, 0.29) is 6.04 Å². The van der Waals surface area contributed by atoms with Gasteiger partial charge < -0.3 is 14.5 Å². The molecule has 1 unspecified atom stereocenters. The number of rotatable bonds is 4. The van der Waals surface area contributed by atoms with Crippen molar-refractivity contribution in [3.63, 3.8) is 0 Å². The van der Waals surface area contributed by atoms with Crippen LogP contribution in [-0.4, -0.2) is 24.4 Å². The van der Waals surface area contributed by atoms with Gasteiger partial charge in [0.05, 0.1) is 13.2 Å². The fourth-order valence-corrected chi connectivity index (χ4v) is 1.41. The number of methoxy groups -OCH3 is 1. The molecule has 5 nitrogen and oxygen atoms in total. The number of nitrogens with zero attached hydrogens (tertiary/aromatic N) is 2. The Kier molecular flexibility index (Phi) is 3.39. The van der Waals surface area contributed by atoms with E-state index in [4.69, 9.17) is 9.15 Å². The molecule has 0 bridgehead atoms. The summed E-state index contributed by atoms with van der Waals surface area (Å²) in [4.78, 5) is 0. The molecule has 0 aliphatic heterocycles. The van der Waals surface area contributed by atoms with Gasteiger partial charge in [-0.15, -0.1) is 10.2 Å². The molecule has 17 heavy (non-hydrogen) atoms. The average molecular weight is 233 g/mol. The third kappa shape index (κ3) is 2.45. The van der Waals surface area contributed by atoms with Gasteiger partial charge in [-0.05, 0) is 32.2 Å². The zero-order chi connectivity index (χ0) is 12.3. The summed E-state index contributed by atoms with van der Waals surface area (Å²) in [5, 5.41) is 11.1. The van der Waals surface area contributed by atoms with Crippen molar-refractivity contribution in [2.45, 2.75) is 13.0 Å². The van der Waals surface area contributed by atoms with Gasteiger partial charge in [-0.2, -0.15) is 0 Å². The highest BCUT2D eigenvalue weighted by atomic mass is 16.5. The molecular formula is C12H15N3O2. The van der Waals surface area contributed by atoms with Crippen molar-refractivity contribution in [1.29, 1.82) is 0 Å². The molecule has 1 heterocycles. The standard InChI is InChI=1S/C12H15N3O2/c1-8(13-2)11-14-15-12(17-11)9-5-4-6-10(7-9)16-3/h4-8,13H,1-3H3. The minimum absolute atomic E-state index is 0.0434. The molecule has 5 heteroatoms. The number of ether oxygens (including phenoxy) is 1. The second-order valence-electron chi connectivity index (χ2n) is 3.69. The van der Waals surface area contributed by atoms with Crippen LogP contribution in [0.2, 0.25) is 0 Å². The monoisotopic (exact) mass is 233 g/mol. The second kappa shape index (κ2) is 4.97. The summed E-state index contributed by atoms with van der Waals surface area (Å²) in [6.45, 7) is 1.96. The maximum Gasteiger partial charge on any atom is 0.247 e. The highest BCUT2D eigenvalue weighted by Crippen LogP contribution is 2.23. The lowest BCUT2D eigenvalue weighted by Crippen LogP contribution is -2.12. The van der Waals surface area contributed by atoms with E-state index in [0.29, 0.717) is 11.8 Å². The minimum Gasteiger partial charge on any atom is -0.497 e. The van der Waals surface area contributed by atoms with Crippen molar-refractivity contribution in [3.8, 4) is 17.2 Å². The average Bonchev–Trinajstić information content (AvgIpc) is 2.87. The maximum atomic E-state index is 5.58. The molecule has 2 aromatic rings. The first kappa shape index (κ1) is 11.6. The molecule has 0 radical (unpaired) electrons. The van der Waals surface area contributed by atoms with E-state index >= 15 is 0 Å². The zero-order valence-electron chi connectivity index (χ0n) is 10.1. The van der Waals surface area contributed by atoms with Crippen LogP contribution >= 0.6 is 0 Å². The fraction of sp³-hybridized carbons (Fsp3) is 0.333. The van der Waals surface area contributed by atoms with Crippen molar-refractivity contribution in [2.24, 2.45) is 0 Å². The first-order chi connectivity index (χ1) is 8.24. The van der Waals surface area contributed by atoms with Crippen LogP contribution in [0.1, 0.15) is 18.9 Å². The number of nitrogens with one attached hydrogen (secondary N) is 1. The zero-order valence-corrected chi connectivity index (χ0v) is 10.1. The Labute approximate surface area is 99.8 Å². The Hall–Kier alpha value is -1.88. The molecule has 0 aliphatic rings. The van der Waals surface area contributed by atoms with E-state index in [1.54, 1.807) is 7.11 Å². The Balaban J connectivity index is 2.30. The Morgan fingerprint density at radius 3 is 2.88 bits per heavy atom. The third-order valence-electron chi connectivity index (χ3n) is 2.56. The third-order valence-corrected chi connectivity index (χ3v) is 2.56. The highest BCUT2D eigenvalue weighted by Gasteiger charge is 2.13. The van der Waals surface area contributed by atoms with E-state index in [1.165, 1.54) is 0 Å². The molecule has 1 aromatic heterocycles. The summed E-state index contributed by atoms with van der Waals surface area (Å²) < 4.78 is 10.7. The van der Waals surface area contributed by atoms with Gasteiger partial charge >= 0.3 is 0 Å². The molecule has 1 aromatic carbocycles. The van der Waals surface area contributed by atoms with Crippen LogP contribution in [0.3, 0.4) is 0 Å². The van der Waals surface area contributed by atoms with Crippen LogP contribution in [-0.2, 0) is 0 Å². The highest BCUT2D eigenvalue weighted by molar-refractivity contribution is 5.55. The lowest BCUT2D eigenvalue weighted by atomic mass is 10.2. The topological polar surface area (TPSA) is 60.2 Å². The minimum atomic E-state index is 0.0434. The number of aromatic nitrogens is 2. The van der Waals surface area contributed by atoms with E-state index < -0.39 is 0 Å². The van der Waals surface area contributed by atoms with Gasteiger partial charge in [0.2, 0.25) is 11.8 Å². The molecular weight excluding hydrogens is 218 g/mol. The van der Waals surface area contributed by atoms with Gasteiger partial charge in [0.15, 0.2) is 0 Å². The van der Waals surface area contributed by atoms with Crippen LogP contribution in [0, 0.1) is 0 Å². The molecule has 0 fully saturated rings. The second-order valence-corrected chi connectivity index (χ2v) is 3.69. The summed E-state index contributed by atoms with van der Waals surface area (Å²) in [5.74, 6) is 1.84. The molecule has 0 saturated carbocycles. The number of benzene rings is 1. The van der Waals surface area contributed by atoms with Crippen molar-refractivity contribution in [1.82, 2.24) is 15.5 Å². The summed E-state index contributed by atoms with van der Waals surface area (Å²) in [6, 6.07) is 7.57. The molecule has 0 amide bonds. The predicted octanol–water partition coefficient (Wildman–Crippen LogP) is 2.03. The van der Waals surface area contributed by atoms with Gasteiger partial charge in [-0.25, -0.2) is 0 Å². The van der Waals surface area contributed by atoms with Crippen LogP contribution in [0.4, 0.5) is 0 Å². The van der Waals surface area contributed by atoms with E-state index in [1.807, 2.05) is 38.2 Å².